The second-order valence-corrected chi connectivity index (χ2v) is 20.1. The highest BCUT2D eigenvalue weighted by Gasteiger charge is 2.36. The minimum Gasteiger partial charge on any atom is -0.481 e. The van der Waals surface area contributed by atoms with Crippen molar-refractivity contribution in [2.24, 2.45) is 34.8 Å². The van der Waals surface area contributed by atoms with Crippen LogP contribution in [0.2, 0.25) is 0 Å². The van der Waals surface area contributed by atoms with E-state index in [-0.39, 0.29) is 57.5 Å². The van der Waals surface area contributed by atoms with Gasteiger partial charge in [0.05, 0.1) is 19.1 Å². The summed E-state index contributed by atoms with van der Waals surface area (Å²) in [6, 6.07) is -12.4. The minimum atomic E-state index is -1.82. The Kier molecular flexibility index (Phi) is 34.7. The maximum atomic E-state index is 14.2. The second-order valence-electron chi connectivity index (χ2n) is 18.2. The van der Waals surface area contributed by atoms with Crippen molar-refractivity contribution < 1.29 is 68.1 Å². The monoisotopic (exact) mass is 1080 g/mol. The first-order valence-corrected chi connectivity index (χ1v) is 27.1. The quantitative estimate of drug-likeness (QED) is 0.0265. The van der Waals surface area contributed by atoms with E-state index in [2.05, 4.69) is 37.2 Å². The Labute approximate surface area is 435 Å². The standard InChI is InChI=1S/C45H82N12O14S2/c1-24(2)21-31(42(67)54-32(22-35(60)61)43(68)56-33(23-58)45(70)71)55-44(69)36(25(3)4)57-41(66)28(12-8-10-18-47)52-38(63)27(11-7-9-17-46)51-40(65)30(16-20-73-6)53-39(64)29(13-14-34(49)59)50-37(62)26(48)15-19-72-5/h24-33,36,58H,7-23,46-48H2,1-6H3,(H2,49,59)(H,50,62)(H,51,65)(H,52,63)(H,53,64)(H,54,67)(H,55,69)(H,56,68)(H,57,66)(H,60,61)(H,70,71)/t26-,27-,28-,29-,30-,31-,32-,33-,36?/m0/s1. The third kappa shape index (κ3) is 28.1. The summed E-state index contributed by atoms with van der Waals surface area (Å²) in [7, 11) is 0. The molecule has 0 rings (SSSR count). The number of nitrogens with one attached hydrogen (secondary N) is 8. The molecule has 0 aliphatic heterocycles. The Morgan fingerprint density at radius 3 is 1.32 bits per heavy atom. The summed E-state index contributed by atoms with van der Waals surface area (Å²) >= 11 is 2.84. The normalized spacial score (nSPS) is 14.9. The Morgan fingerprint density at radius 1 is 0.493 bits per heavy atom. The van der Waals surface area contributed by atoms with Crippen molar-refractivity contribution in [1.29, 1.82) is 0 Å². The third-order valence-electron chi connectivity index (χ3n) is 11.1. The fourth-order valence-corrected chi connectivity index (χ4v) is 7.88. The zero-order valence-electron chi connectivity index (χ0n) is 42.8. The van der Waals surface area contributed by atoms with Crippen molar-refractivity contribution in [2.45, 2.75) is 159 Å². The fraction of sp³-hybridized carbons (Fsp3) is 0.756. The number of primary amides is 1. The number of rotatable bonds is 40. The van der Waals surface area contributed by atoms with E-state index < -0.39 is 138 Å². The van der Waals surface area contributed by atoms with Gasteiger partial charge in [-0.2, -0.15) is 23.5 Å². The summed E-state index contributed by atoms with van der Waals surface area (Å²) in [5, 5.41) is 48.1. The number of carbonyl (C=O) groups is 11. The Bertz CT molecular complexity index is 1820. The van der Waals surface area contributed by atoms with Crippen LogP contribution in [0, 0.1) is 11.8 Å². The average Bonchev–Trinajstić information content (AvgIpc) is 3.31. The van der Waals surface area contributed by atoms with Crippen LogP contribution in [0.15, 0.2) is 0 Å². The first kappa shape index (κ1) is 67.7. The van der Waals surface area contributed by atoms with Crippen LogP contribution in [0.3, 0.4) is 0 Å². The van der Waals surface area contributed by atoms with E-state index in [1.165, 1.54) is 23.5 Å². The number of hydrogen-bond acceptors (Lipinski definition) is 17. The van der Waals surface area contributed by atoms with Crippen LogP contribution >= 0.6 is 23.5 Å². The number of amides is 9. The molecule has 0 aromatic carbocycles. The first-order chi connectivity index (χ1) is 34.4. The molecule has 9 amide bonds. The third-order valence-corrected chi connectivity index (χ3v) is 12.4. The molecular formula is C45H82N12O14S2. The zero-order chi connectivity index (χ0) is 55.8. The molecule has 0 spiro atoms. The molecule has 1 unspecified atom stereocenters. The van der Waals surface area contributed by atoms with Gasteiger partial charge in [-0.25, -0.2) is 4.79 Å². The van der Waals surface area contributed by atoms with Gasteiger partial charge in [0.25, 0.3) is 0 Å². The average molecular weight is 1080 g/mol. The number of carboxylic acids is 2. The molecule has 73 heavy (non-hydrogen) atoms. The van der Waals surface area contributed by atoms with Gasteiger partial charge in [0.2, 0.25) is 53.2 Å². The summed E-state index contributed by atoms with van der Waals surface area (Å²) in [6.45, 7) is 6.10. The number of aliphatic hydroxyl groups is 1. The lowest BCUT2D eigenvalue weighted by molar-refractivity contribution is -0.144. The molecule has 0 bridgehead atoms. The van der Waals surface area contributed by atoms with Gasteiger partial charge in [-0.3, -0.25) is 47.9 Å². The van der Waals surface area contributed by atoms with Crippen LogP contribution in [-0.2, 0) is 52.7 Å². The van der Waals surface area contributed by atoms with Gasteiger partial charge in [0.15, 0.2) is 0 Å². The molecule has 0 aromatic rings. The lowest BCUT2D eigenvalue weighted by atomic mass is 9.98. The van der Waals surface area contributed by atoms with E-state index in [0.29, 0.717) is 43.6 Å². The summed E-state index contributed by atoms with van der Waals surface area (Å²) in [6.07, 6.45) is 4.19. The molecule has 418 valence electrons. The molecule has 0 radical (unpaired) electrons. The largest absolute Gasteiger partial charge is 0.481 e. The van der Waals surface area contributed by atoms with Crippen molar-refractivity contribution in [3.8, 4) is 0 Å². The summed E-state index contributed by atoms with van der Waals surface area (Å²) in [5.41, 5.74) is 22.9. The molecule has 0 heterocycles. The number of aliphatic hydroxyl groups excluding tert-OH is 1. The molecule has 9 atom stereocenters. The van der Waals surface area contributed by atoms with Crippen LogP contribution in [0.4, 0.5) is 0 Å². The number of hydrogen-bond donors (Lipinski definition) is 15. The molecule has 0 fully saturated rings. The minimum absolute atomic E-state index is 0.0286. The number of carboxylic acid groups (broad SMARTS) is 2. The van der Waals surface area contributed by atoms with Gasteiger partial charge in [-0.05, 0) is 113 Å². The molecule has 0 saturated heterocycles. The van der Waals surface area contributed by atoms with Crippen LogP contribution in [0.5, 0.6) is 0 Å². The van der Waals surface area contributed by atoms with Crippen molar-refractivity contribution >= 4 is 88.6 Å². The number of thioether (sulfide) groups is 2. The van der Waals surface area contributed by atoms with Crippen LogP contribution < -0.4 is 65.5 Å². The van der Waals surface area contributed by atoms with Crippen molar-refractivity contribution in [2.75, 3.05) is 43.7 Å². The van der Waals surface area contributed by atoms with Gasteiger partial charge in [-0.15, -0.1) is 0 Å². The predicted octanol–water partition coefficient (Wildman–Crippen LogP) is -3.52. The summed E-state index contributed by atoms with van der Waals surface area (Å²) in [4.78, 5) is 144. The van der Waals surface area contributed by atoms with E-state index >= 15 is 0 Å². The highest BCUT2D eigenvalue weighted by molar-refractivity contribution is 7.98. The molecule has 0 saturated carbocycles. The molecule has 28 heteroatoms. The van der Waals surface area contributed by atoms with E-state index in [0.717, 1.165) is 0 Å². The first-order valence-electron chi connectivity index (χ1n) is 24.3. The SMILES string of the molecule is CSCC[C@H](NC(=O)[C@H](CCC(N)=O)NC(=O)[C@@H](N)CCSC)C(=O)N[C@@H](CCCCN)C(=O)N[C@@H](CCCCN)C(=O)NC(C(=O)N[C@@H](CC(C)C)C(=O)N[C@@H](CC(=O)O)C(=O)N[C@@H](CO)C(=O)O)C(C)C. The molecule has 19 N–H and O–H groups in total. The van der Waals surface area contributed by atoms with Gasteiger partial charge < -0.3 is 80.8 Å². The summed E-state index contributed by atoms with van der Waals surface area (Å²) < 4.78 is 0. The van der Waals surface area contributed by atoms with Crippen LogP contribution in [-0.4, -0.2) is 179 Å². The van der Waals surface area contributed by atoms with E-state index in [4.69, 9.17) is 22.9 Å². The van der Waals surface area contributed by atoms with E-state index in [1.807, 2.05) is 11.6 Å². The number of nitrogens with two attached hydrogens (primary N) is 4. The van der Waals surface area contributed by atoms with Gasteiger partial charge in [0.1, 0.15) is 48.3 Å². The predicted molar refractivity (Wildman–Crippen MR) is 275 cm³/mol. The van der Waals surface area contributed by atoms with Gasteiger partial charge in [0, 0.05) is 6.42 Å². The van der Waals surface area contributed by atoms with Crippen molar-refractivity contribution in [3.05, 3.63) is 0 Å². The second kappa shape index (κ2) is 37.4. The van der Waals surface area contributed by atoms with E-state index in [1.54, 1.807) is 34.0 Å². The molecule has 0 aromatic heterocycles. The van der Waals surface area contributed by atoms with Crippen LogP contribution in [0.25, 0.3) is 0 Å². The molecule has 0 aliphatic rings. The Balaban J connectivity index is 6.70. The van der Waals surface area contributed by atoms with Gasteiger partial charge >= 0.3 is 11.9 Å². The highest BCUT2D eigenvalue weighted by atomic mass is 32.2. The summed E-state index contributed by atoms with van der Waals surface area (Å²) in [5.74, 6) is -10.7. The topological polar surface area (TPSA) is 449 Å². The highest BCUT2D eigenvalue weighted by Crippen LogP contribution is 2.13. The molecule has 26 nitrogen and oxygen atoms in total. The number of carbonyl (C=O) groups excluding carboxylic acids is 9. The fourth-order valence-electron chi connectivity index (χ4n) is 6.92. The maximum absolute atomic E-state index is 14.2. The maximum Gasteiger partial charge on any atom is 0.328 e. The Morgan fingerprint density at radius 2 is 0.890 bits per heavy atom. The number of unbranched alkanes of at least 4 members (excludes halogenated alkanes) is 2. The van der Waals surface area contributed by atoms with Crippen LogP contribution in [0.1, 0.15) is 105 Å². The van der Waals surface area contributed by atoms with Crippen molar-refractivity contribution in [1.82, 2.24) is 42.5 Å². The van der Waals surface area contributed by atoms with E-state index in [9.17, 15) is 68.1 Å². The van der Waals surface area contributed by atoms with Crippen molar-refractivity contribution in [3.63, 3.8) is 0 Å². The lowest BCUT2D eigenvalue weighted by Crippen LogP contribution is -2.61. The number of aliphatic carboxylic acids is 2. The zero-order valence-corrected chi connectivity index (χ0v) is 44.5. The molecule has 0 aliphatic carbocycles. The molecular weight excluding hydrogens is 997 g/mol. The smallest absolute Gasteiger partial charge is 0.328 e. The lowest BCUT2D eigenvalue weighted by Gasteiger charge is -2.29. The Hall–Kier alpha value is -5.29. The van der Waals surface area contributed by atoms with Gasteiger partial charge in [-0.1, -0.05) is 27.7 Å².